The Balaban J connectivity index is 3.01. The molecule has 1 nitrogen and oxygen atoms in total. The molecular formula is C13H20OSi. The number of aliphatic hydroxyl groups is 1. The molecule has 1 rings (SSSR count). The minimum absolute atomic E-state index is 0.813. The molecule has 0 fully saturated rings. The fourth-order valence-corrected chi connectivity index (χ4v) is 3.79. The van der Waals surface area contributed by atoms with E-state index in [4.69, 9.17) is 0 Å². The van der Waals surface area contributed by atoms with Crippen LogP contribution >= 0.6 is 0 Å². The SMILES string of the molecule is C=C[C@](O)(C[Si](C)(C)C)c1ccccc1. The van der Waals surface area contributed by atoms with E-state index in [0.717, 1.165) is 11.6 Å². The molecule has 0 saturated carbocycles. The van der Waals surface area contributed by atoms with Crippen molar-refractivity contribution in [3.63, 3.8) is 0 Å². The van der Waals surface area contributed by atoms with Crippen LogP contribution in [0.3, 0.4) is 0 Å². The fourth-order valence-electron chi connectivity index (χ4n) is 1.83. The van der Waals surface area contributed by atoms with E-state index in [1.807, 2.05) is 30.3 Å². The smallest absolute Gasteiger partial charge is 0.105 e. The molecule has 1 aromatic carbocycles. The summed E-state index contributed by atoms with van der Waals surface area (Å²) in [5.41, 5.74) is 0.0913. The van der Waals surface area contributed by atoms with Crippen molar-refractivity contribution in [2.75, 3.05) is 0 Å². The van der Waals surface area contributed by atoms with Gasteiger partial charge in [0, 0.05) is 8.07 Å². The maximum absolute atomic E-state index is 10.5. The summed E-state index contributed by atoms with van der Waals surface area (Å²) >= 11 is 0. The Bertz CT molecular complexity index is 326. The summed E-state index contributed by atoms with van der Waals surface area (Å²) in [7, 11) is -1.32. The van der Waals surface area contributed by atoms with E-state index < -0.39 is 13.7 Å². The Morgan fingerprint density at radius 2 is 1.80 bits per heavy atom. The third-order valence-electron chi connectivity index (χ3n) is 2.41. The minimum atomic E-state index is -1.32. The molecular weight excluding hydrogens is 200 g/mol. The summed E-state index contributed by atoms with van der Waals surface area (Å²) in [4.78, 5) is 0. The largest absolute Gasteiger partial charge is 0.381 e. The molecule has 0 aliphatic rings. The first-order valence-corrected chi connectivity index (χ1v) is 9.00. The predicted octanol–water partition coefficient (Wildman–Crippen LogP) is 3.40. The Hall–Kier alpha value is -0.863. The zero-order valence-electron chi connectivity index (χ0n) is 9.83. The molecule has 0 aromatic heterocycles. The van der Waals surface area contributed by atoms with Crippen LogP contribution in [0.25, 0.3) is 0 Å². The van der Waals surface area contributed by atoms with Crippen molar-refractivity contribution in [1.82, 2.24) is 0 Å². The molecule has 1 atom stereocenters. The minimum Gasteiger partial charge on any atom is -0.381 e. The van der Waals surface area contributed by atoms with Gasteiger partial charge in [-0.1, -0.05) is 62.6 Å². The van der Waals surface area contributed by atoms with Crippen LogP contribution in [-0.2, 0) is 5.60 Å². The van der Waals surface area contributed by atoms with Crippen LogP contribution in [0.5, 0.6) is 0 Å². The van der Waals surface area contributed by atoms with Crippen LogP contribution in [0.2, 0.25) is 25.7 Å². The fraction of sp³-hybridized carbons (Fsp3) is 0.385. The van der Waals surface area contributed by atoms with Gasteiger partial charge in [0.2, 0.25) is 0 Å². The van der Waals surface area contributed by atoms with Gasteiger partial charge in [0.15, 0.2) is 0 Å². The van der Waals surface area contributed by atoms with Crippen molar-refractivity contribution in [2.45, 2.75) is 31.3 Å². The van der Waals surface area contributed by atoms with Crippen LogP contribution < -0.4 is 0 Å². The number of hydrogen-bond donors (Lipinski definition) is 1. The average Bonchev–Trinajstić information content (AvgIpc) is 2.16. The van der Waals surface area contributed by atoms with Crippen LogP contribution in [0.15, 0.2) is 43.0 Å². The molecule has 0 spiro atoms. The molecule has 0 aliphatic heterocycles. The van der Waals surface area contributed by atoms with E-state index in [2.05, 4.69) is 26.2 Å². The van der Waals surface area contributed by atoms with Crippen LogP contribution in [0, 0.1) is 0 Å². The maximum Gasteiger partial charge on any atom is 0.105 e. The van der Waals surface area contributed by atoms with E-state index >= 15 is 0 Å². The summed E-state index contributed by atoms with van der Waals surface area (Å²) in [5, 5.41) is 10.5. The molecule has 0 heterocycles. The Kier molecular flexibility index (Phi) is 3.53. The molecule has 0 amide bonds. The lowest BCUT2D eigenvalue weighted by Crippen LogP contribution is -2.34. The van der Waals surface area contributed by atoms with E-state index in [1.165, 1.54) is 0 Å². The standard InChI is InChI=1S/C13H20OSi/c1-5-13(14,11-15(2,3)4)12-9-7-6-8-10-12/h5-10,14H,1,11H2,2-4H3/t13-/m0/s1. The van der Waals surface area contributed by atoms with E-state index in [-0.39, 0.29) is 0 Å². The highest BCUT2D eigenvalue weighted by atomic mass is 28.3. The highest BCUT2D eigenvalue weighted by Gasteiger charge is 2.31. The van der Waals surface area contributed by atoms with Crippen LogP contribution in [-0.4, -0.2) is 13.2 Å². The van der Waals surface area contributed by atoms with Crippen molar-refractivity contribution >= 4 is 8.07 Å². The molecule has 82 valence electrons. The number of benzene rings is 1. The molecule has 0 radical (unpaired) electrons. The predicted molar refractivity (Wildman–Crippen MR) is 68.7 cm³/mol. The third kappa shape index (κ3) is 3.32. The maximum atomic E-state index is 10.5. The third-order valence-corrected chi connectivity index (χ3v) is 4.01. The highest BCUT2D eigenvalue weighted by molar-refractivity contribution is 6.76. The zero-order valence-corrected chi connectivity index (χ0v) is 10.8. The van der Waals surface area contributed by atoms with Gasteiger partial charge in [0.1, 0.15) is 5.60 Å². The van der Waals surface area contributed by atoms with Gasteiger partial charge in [-0.15, -0.1) is 0 Å². The quantitative estimate of drug-likeness (QED) is 0.609. The van der Waals surface area contributed by atoms with Gasteiger partial charge in [-0.2, -0.15) is 0 Å². The lowest BCUT2D eigenvalue weighted by atomic mass is 9.96. The summed E-state index contributed by atoms with van der Waals surface area (Å²) in [6, 6.07) is 10.6. The number of hydrogen-bond acceptors (Lipinski definition) is 1. The first kappa shape index (κ1) is 12.2. The Morgan fingerprint density at radius 3 is 2.20 bits per heavy atom. The Morgan fingerprint density at radius 1 is 1.27 bits per heavy atom. The van der Waals surface area contributed by atoms with Crippen LogP contribution in [0.4, 0.5) is 0 Å². The summed E-state index contributed by atoms with van der Waals surface area (Å²) in [5.74, 6) is 0. The van der Waals surface area contributed by atoms with Crippen molar-refractivity contribution in [2.24, 2.45) is 0 Å². The second-order valence-electron chi connectivity index (χ2n) is 5.23. The summed E-state index contributed by atoms with van der Waals surface area (Å²) in [6.45, 7) is 10.5. The second-order valence-corrected chi connectivity index (χ2v) is 10.7. The van der Waals surface area contributed by atoms with Crippen molar-refractivity contribution in [3.05, 3.63) is 48.6 Å². The summed E-state index contributed by atoms with van der Waals surface area (Å²) in [6.07, 6.45) is 1.67. The van der Waals surface area contributed by atoms with Gasteiger partial charge in [-0.25, -0.2) is 0 Å². The van der Waals surface area contributed by atoms with E-state index in [9.17, 15) is 5.11 Å². The lowest BCUT2D eigenvalue weighted by molar-refractivity contribution is 0.110. The Labute approximate surface area is 93.5 Å². The van der Waals surface area contributed by atoms with Crippen molar-refractivity contribution in [1.29, 1.82) is 0 Å². The van der Waals surface area contributed by atoms with Crippen molar-refractivity contribution in [3.8, 4) is 0 Å². The van der Waals surface area contributed by atoms with E-state index in [0.29, 0.717) is 0 Å². The van der Waals surface area contributed by atoms with Gasteiger partial charge >= 0.3 is 0 Å². The molecule has 0 saturated heterocycles. The van der Waals surface area contributed by atoms with Gasteiger partial charge < -0.3 is 5.11 Å². The molecule has 0 unspecified atom stereocenters. The molecule has 1 aromatic rings. The van der Waals surface area contributed by atoms with Gasteiger partial charge in [-0.3, -0.25) is 0 Å². The molecule has 0 bridgehead atoms. The van der Waals surface area contributed by atoms with Crippen LogP contribution in [0.1, 0.15) is 5.56 Å². The highest BCUT2D eigenvalue weighted by Crippen LogP contribution is 2.31. The topological polar surface area (TPSA) is 20.2 Å². The van der Waals surface area contributed by atoms with Gasteiger partial charge in [-0.05, 0) is 11.6 Å². The second kappa shape index (κ2) is 4.33. The normalized spacial score (nSPS) is 15.7. The summed E-state index contributed by atoms with van der Waals surface area (Å²) < 4.78 is 0. The number of rotatable bonds is 4. The molecule has 1 N–H and O–H groups in total. The monoisotopic (exact) mass is 220 g/mol. The molecule has 15 heavy (non-hydrogen) atoms. The van der Waals surface area contributed by atoms with Gasteiger partial charge in [0.05, 0.1) is 0 Å². The molecule has 0 aliphatic carbocycles. The molecule has 2 heteroatoms. The van der Waals surface area contributed by atoms with Crippen molar-refractivity contribution < 1.29 is 5.11 Å². The van der Waals surface area contributed by atoms with Gasteiger partial charge in [0.25, 0.3) is 0 Å². The first-order chi connectivity index (χ1) is 6.87. The first-order valence-electron chi connectivity index (χ1n) is 5.29. The average molecular weight is 220 g/mol. The lowest BCUT2D eigenvalue weighted by Gasteiger charge is -2.31. The van der Waals surface area contributed by atoms with E-state index in [1.54, 1.807) is 6.08 Å². The zero-order chi connectivity index (χ0) is 11.5.